The van der Waals surface area contributed by atoms with Crippen LogP contribution in [-0.2, 0) is 11.0 Å². The molecule has 0 unspecified atom stereocenters. The van der Waals surface area contributed by atoms with Crippen molar-refractivity contribution in [3.63, 3.8) is 0 Å². The van der Waals surface area contributed by atoms with Gasteiger partial charge in [0.05, 0.1) is 12.3 Å². The molecular formula is C10H21N3OSi. The Bertz CT molecular complexity index is 328. The average Bonchev–Trinajstić information content (AvgIpc) is 2.46. The third kappa shape index (κ3) is 3.07. The molecule has 15 heavy (non-hydrogen) atoms. The Balaban J connectivity index is 2.57. The average molecular weight is 227 g/mol. The molecule has 4 nitrogen and oxygen atoms in total. The highest BCUT2D eigenvalue weighted by atomic mass is 28.4. The Labute approximate surface area is 92.3 Å². The molecule has 1 aromatic rings. The zero-order valence-electron chi connectivity index (χ0n) is 10.2. The fraction of sp³-hybridized carbons (Fsp3) is 0.700. The molecule has 0 aliphatic carbocycles. The molecule has 1 heterocycles. The number of rotatable bonds is 3. The maximum atomic E-state index is 6.01. The minimum absolute atomic E-state index is 0.235. The normalized spacial score (nSPS) is 13.1. The number of hydrogen-bond acceptors (Lipinski definition) is 3. The van der Waals surface area contributed by atoms with Crippen LogP contribution in [-0.4, -0.2) is 18.5 Å². The van der Waals surface area contributed by atoms with Crippen LogP contribution in [0.1, 0.15) is 26.5 Å². The number of H-pyrrole nitrogens is 1. The van der Waals surface area contributed by atoms with Gasteiger partial charge in [0.25, 0.3) is 0 Å². The van der Waals surface area contributed by atoms with Crippen LogP contribution in [0.25, 0.3) is 0 Å². The fourth-order valence-electron chi connectivity index (χ4n) is 0.928. The highest BCUT2D eigenvalue weighted by Gasteiger charge is 2.37. The Kier molecular flexibility index (Phi) is 3.25. The number of nitrogen functional groups attached to an aromatic ring is 1. The van der Waals surface area contributed by atoms with Crippen LogP contribution in [0.2, 0.25) is 18.1 Å². The van der Waals surface area contributed by atoms with Gasteiger partial charge >= 0.3 is 0 Å². The number of aromatic amines is 1. The molecule has 0 saturated heterocycles. The van der Waals surface area contributed by atoms with Gasteiger partial charge in [-0.15, -0.1) is 0 Å². The highest BCUT2D eigenvalue weighted by molar-refractivity contribution is 6.74. The van der Waals surface area contributed by atoms with E-state index >= 15 is 0 Å². The van der Waals surface area contributed by atoms with Gasteiger partial charge in [-0.1, -0.05) is 20.8 Å². The Hall–Kier alpha value is -0.813. The fourth-order valence-corrected chi connectivity index (χ4v) is 1.88. The van der Waals surface area contributed by atoms with Gasteiger partial charge in [-0.25, -0.2) is 0 Å². The van der Waals surface area contributed by atoms with Crippen molar-refractivity contribution in [3.8, 4) is 0 Å². The van der Waals surface area contributed by atoms with Crippen molar-refractivity contribution in [1.29, 1.82) is 0 Å². The second-order valence-electron chi connectivity index (χ2n) is 5.37. The zero-order chi connectivity index (χ0) is 11.7. The van der Waals surface area contributed by atoms with Gasteiger partial charge in [-0.05, 0) is 18.1 Å². The number of aromatic nitrogens is 2. The van der Waals surface area contributed by atoms with E-state index in [9.17, 15) is 0 Å². The van der Waals surface area contributed by atoms with Crippen LogP contribution >= 0.6 is 0 Å². The molecule has 0 atom stereocenters. The van der Waals surface area contributed by atoms with E-state index in [1.165, 1.54) is 0 Å². The quantitative estimate of drug-likeness (QED) is 0.780. The predicted molar refractivity (Wildman–Crippen MR) is 65.0 cm³/mol. The van der Waals surface area contributed by atoms with Gasteiger partial charge in [0.1, 0.15) is 5.82 Å². The SMILES string of the molecule is CC(C)(C)[Si](C)(C)OCc1cc(N)n[nH]1. The van der Waals surface area contributed by atoms with E-state index in [1.807, 2.05) is 6.07 Å². The molecule has 0 amide bonds. The predicted octanol–water partition coefficient (Wildman–Crippen LogP) is 2.51. The van der Waals surface area contributed by atoms with E-state index in [2.05, 4.69) is 44.1 Å². The summed E-state index contributed by atoms with van der Waals surface area (Å²) in [6.45, 7) is 11.7. The summed E-state index contributed by atoms with van der Waals surface area (Å²) >= 11 is 0. The van der Waals surface area contributed by atoms with E-state index in [0.29, 0.717) is 12.4 Å². The summed E-state index contributed by atoms with van der Waals surface area (Å²) in [6.07, 6.45) is 0. The lowest BCUT2D eigenvalue weighted by molar-refractivity contribution is 0.272. The minimum atomic E-state index is -1.67. The largest absolute Gasteiger partial charge is 0.411 e. The molecule has 1 rings (SSSR count). The summed E-state index contributed by atoms with van der Waals surface area (Å²) in [5.74, 6) is 0.517. The third-order valence-electron chi connectivity index (χ3n) is 3.05. The third-order valence-corrected chi connectivity index (χ3v) is 7.52. The molecule has 0 aliphatic heterocycles. The van der Waals surface area contributed by atoms with Crippen molar-refractivity contribution < 1.29 is 4.43 Å². The number of hydrogen-bond donors (Lipinski definition) is 2. The van der Waals surface area contributed by atoms with E-state index in [4.69, 9.17) is 10.2 Å². The Morgan fingerprint density at radius 3 is 2.47 bits per heavy atom. The van der Waals surface area contributed by atoms with Gasteiger partial charge < -0.3 is 10.2 Å². The van der Waals surface area contributed by atoms with E-state index < -0.39 is 8.32 Å². The van der Waals surface area contributed by atoms with Crippen molar-refractivity contribution in [3.05, 3.63) is 11.8 Å². The van der Waals surface area contributed by atoms with Crippen LogP contribution < -0.4 is 5.73 Å². The van der Waals surface area contributed by atoms with Crippen molar-refractivity contribution in [2.75, 3.05) is 5.73 Å². The lowest BCUT2D eigenvalue weighted by atomic mass is 10.2. The summed E-state index contributed by atoms with van der Waals surface area (Å²) in [6, 6.07) is 1.81. The molecule has 5 heteroatoms. The van der Waals surface area contributed by atoms with E-state index in [1.54, 1.807) is 0 Å². The second kappa shape index (κ2) is 3.98. The van der Waals surface area contributed by atoms with E-state index in [0.717, 1.165) is 5.69 Å². The molecule has 3 N–H and O–H groups in total. The molecule has 0 radical (unpaired) electrons. The maximum absolute atomic E-state index is 6.01. The molecule has 0 aliphatic rings. The summed E-state index contributed by atoms with van der Waals surface area (Å²) in [7, 11) is -1.67. The number of nitrogens with zero attached hydrogens (tertiary/aromatic N) is 1. The van der Waals surface area contributed by atoms with Crippen LogP contribution in [0, 0.1) is 0 Å². The highest BCUT2D eigenvalue weighted by Crippen LogP contribution is 2.36. The molecule has 0 saturated carbocycles. The Morgan fingerprint density at radius 2 is 2.07 bits per heavy atom. The summed E-state index contributed by atoms with van der Waals surface area (Å²) < 4.78 is 6.01. The topological polar surface area (TPSA) is 63.9 Å². The van der Waals surface area contributed by atoms with Crippen molar-refractivity contribution >= 4 is 14.1 Å². The number of nitrogens with one attached hydrogen (secondary N) is 1. The monoisotopic (exact) mass is 227 g/mol. The van der Waals surface area contributed by atoms with Crippen LogP contribution in [0.4, 0.5) is 5.82 Å². The molecule has 1 aromatic heterocycles. The number of anilines is 1. The molecule has 0 bridgehead atoms. The molecule has 86 valence electrons. The first-order chi connectivity index (χ1) is 6.72. The van der Waals surface area contributed by atoms with Crippen molar-refractivity contribution in [2.24, 2.45) is 0 Å². The standard InChI is InChI=1S/C10H21N3OSi/c1-10(2,3)15(4,5)14-7-8-6-9(11)13-12-8/h6H,7H2,1-5H3,(H3,11,12,13). The van der Waals surface area contributed by atoms with Crippen LogP contribution in [0.3, 0.4) is 0 Å². The molecular weight excluding hydrogens is 206 g/mol. The first-order valence-electron chi connectivity index (χ1n) is 5.16. The van der Waals surface area contributed by atoms with Gasteiger partial charge in [0.15, 0.2) is 8.32 Å². The lowest BCUT2D eigenvalue weighted by Gasteiger charge is -2.35. The smallest absolute Gasteiger partial charge is 0.192 e. The summed E-state index contributed by atoms with van der Waals surface area (Å²) in [5, 5.41) is 6.95. The first kappa shape index (κ1) is 12.3. The molecule has 0 fully saturated rings. The first-order valence-corrected chi connectivity index (χ1v) is 8.07. The summed E-state index contributed by atoms with van der Waals surface area (Å²) in [5.41, 5.74) is 6.46. The minimum Gasteiger partial charge on any atom is -0.411 e. The second-order valence-corrected chi connectivity index (χ2v) is 10.2. The lowest BCUT2D eigenvalue weighted by Crippen LogP contribution is -2.40. The van der Waals surface area contributed by atoms with Crippen molar-refractivity contribution in [2.45, 2.75) is 45.5 Å². The molecule has 0 aromatic carbocycles. The van der Waals surface area contributed by atoms with Gasteiger partial charge in [-0.3, -0.25) is 5.10 Å². The van der Waals surface area contributed by atoms with Gasteiger partial charge in [0.2, 0.25) is 0 Å². The van der Waals surface area contributed by atoms with E-state index in [-0.39, 0.29) is 5.04 Å². The maximum Gasteiger partial charge on any atom is 0.192 e. The van der Waals surface area contributed by atoms with Gasteiger partial charge in [-0.2, -0.15) is 5.10 Å². The molecule has 0 spiro atoms. The van der Waals surface area contributed by atoms with Gasteiger partial charge in [0, 0.05) is 6.07 Å². The van der Waals surface area contributed by atoms with Crippen molar-refractivity contribution in [1.82, 2.24) is 10.2 Å². The van der Waals surface area contributed by atoms with Crippen LogP contribution in [0.5, 0.6) is 0 Å². The summed E-state index contributed by atoms with van der Waals surface area (Å²) in [4.78, 5) is 0. The van der Waals surface area contributed by atoms with Crippen LogP contribution in [0.15, 0.2) is 6.07 Å². The Morgan fingerprint density at radius 1 is 1.47 bits per heavy atom. The zero-order valence-corrected chi connectivity index (χ0v) is 11.2. The number of nitrogens with two attached hydrogens (primary N) is 1.